The number of Topliss-reactive ketones (excluding diaryl/α,β-unsaturated/α-hetero) is 1. The molecule has 0 saturated carbocycles. The predicted octanol–water partition coefficient (Wildman–Crippen LogP) is 3.99. The molecular weight excluding hydrogens is 310 g/mol. The second-order valence-electron chi connectivity index (χ2n) is 6.52. The van der Waals surface area contributed by atoms with E-state index in [1.807, 2.05) is 12.1 Å². The Kier molecular flexibility index (Phi) is 4.61. The van der Waals surface area contributed by atoms with E-state index in [9.17, 15) is 13.2 Å². The molecule has 122 valence electrons. The monoisotopic (exact) mass is 331 g/mol. The van der Waals surface area contributed by atoms with Gasteiger partial charge in [0.05, 0.1) is 4.90 Å². The van der Waals surface area contributed by atoms with Crippen LogP contribution < -0.4 is 4.72 Å². The van der Waals surface area contributed by atoms with Gasteiger partial charge in [0.15, 0.2) is 5.78 Å². The molecule has 0 unspecified atom stereocenters. The maximum absolute atomic E-state index is 12.4. The van der Waals surface area contributed by atoms with Crippen molar-refractivity contribution in [1.29, 1.82) is 0 Å². The largest absolute Gasteiger partial charge is 0.295 e. The van der Waals surface area contributed by atoms with Gasteiger partial charge in [0, 0.05) is 11.3 Å². The number of carbonyl (C=O) groups excluding carboxylic acids is 1. The molecule has 0 heterocycles. The predicted molar refractivity (Wildman–Crippen MR) is 92.4 cm³/mol. The zero-order valence-electron chi connectivity index (χ0n) is 13.8. The molecule has 0 saturated heterocycles. The van der Waals surface area contributed by atoms with E-state index in [1.165, 1.54) is 13.0 Å². The van der Waals surface area contributed by atoms with Crippen LogP contribution in [0.5, 0.6) is 0 Å². The molecule has 0 spiro atoms. The van der Waals surface area contributed by atoms with Crippen LogP contribution in [0.3, 0.4) is 0 Å². The molecule has 0 aliphatic carbocycles. The van der Waals surface area contributed by atoms with Gasteiger partial charge in [-0.3, -0.25) is 9.52 Å². The van der Waals surface area contributed by atoms with Crippen molar-refractivity contribution in [3.63, 3.8) is 0 Å². The first-order valence-corrected chi connectivity index (χ1v) is 8.82. The van der Waals surface area contributed by atoms with Crippen LogP contribution in [0, 0.1) is 0 Å². The van der Waals surface area contributed by atoms with Crippen molar-refractivity contribution in [2.24, 2.45) is 0 Å². The SMILES string of the molecule is CC(=O)c1cccc(NS(=O)(=O)c2ccc(C(C)(C)C)cc2)c1. The van der Waals surface area contributed by atoms with E-state index in [2.05, 4.69) is 25.5 Å². The van der Waals surface area contributed by atoms with Gasteiger partial charge in [-0.05, 0) is 42.2 Å². The van der Waals surface area contributed by atoms with Gasteiger partial charge in [-0.2, -0.15) is 0 Å². The van der Waals surface area contributed by atoms with E-state index >= 15 is 0 Å². The summed E-state index contributed by atoms with van der Waals surface area (Å²) in [5.41, 5.74) is 1.87. The number of carbonyl (C=O) groups is 1. The normalized spacial score (nSPS) is 12.0. The lowest BCUT2D eigenvalue weighted by Crippen LogP contribution is -2.15. The second-order valence-corrected chi connectivity index (χ2v) is 8.20. The molecule has 5 heteroatoms. The Morgan fingerprint density at radius 3 is 2.13 bits per heavy atom. The Morgan fingerprint density at radius 2 is 1.61 bits per heavy atom. The molecule has 0 fully saturated rings. The summed E-state index contributed by atoms with van der Waals surface area (Å²) in [7, 11) is -3.68. The highest BCUT2D eigenvalue weighted by Gasteiger charge is 2.18. The van der Waals surface area contributed by atoms with Crippen molar-refractivity contribution in [3.8, 4) is 0 Å². The number of anilines is 1. The number of hydrogen-bond acceptors (Lipinski definition) is 3. The number of nitrogens with one attached hydrogen (secondary N) is 1. The van der Waals surface area contributed by atoms with Crippen molar-refractivity contribution in [2.45, 2.75) is 38.0 Å². The average molecular weight is 331 g/mol. The third-order valence-electron chi connectivity index (χ3n) is 3.55. The molecule has 0 radical (unpaired) electrons. The highest BCUT2D eigenvalue weighted by Crippen LogP contribution is 2.24. The third kappa shape index (κ3) is 4.20. The minimum Gasteiger partial charge on any atom is -0.295 e. The summed E-state index contributed by atoms with van der Waals surface area (Å²) in [5.74, 6) is -0.111. The van der Waals surface area contributed by atoms with E-state index in [0.717, 1.165) is 5.56 Å². The first-order chi connectivity index (χ1) is 10.6. The van der Waals surface area contributed by atoms with Crippen LogP contribution in [0.25, 0.3) is 0 Å². The smallest absolute Gasteiger partial charge is 0.261 e. The van der Waals surface area contributed by atoms with E-state index in [1.54, 1.807) is 30.3 Å². The number of hydrogen-bond donors (Lipinski definition) is 1. The van der Waals surface area contributed by atoms with E-state index < -0.39 is 10.0 Å². The topological polar surface area (TPSA) is 63.2 Å². The molecule has 0 atom stereocenters. The Morgan fingerprint density at radius 1 is 1.00 bits per heavy atom. The lowest BCUT2D eigenvalue weighted by molar-refractivity contribution is 0.101. The molecule has 2 aromatic rings. The molecule has 0 aromatic heterocycles. The fourth-order valence-corrected chi connectivity index (χ4v) is 3.20. The summed E-state index contributed by atoms with van der Waals surface area (Å²) in [4.78, 5) is 11.6. The van der Waals surface area contributed by atoms with E-state index in [4.69, 9.17) is 0 Å². The Hall–Kier alpha value is -2.14. The number of ketones is 1. The summed E-state index contributed by atoms with van der Waals surface area (Å²) >= 11 is 0. The first-order valence-electron chi connectivity index (χ1n) is 7.34. The maximum Gasteiger partial charge on any atom is 0.261 e. The molecule has 23 heavy (non-hydrogen) atoms. The van der Waals surface area contributed by atoms with Crippen molar-refractivity contribution in [1.82, 2.24) is 0 Å². The van der Waals surface area contributed by atoms with Gasteiger partial charge in [-0.25, -0.2) is 8.42 Å². The van der Waals surface area contributed by atoms with Crippen LogP contribution in [-0.4, -0.2) is 14.2 Å². The highest BCUT2D eigenvalue weighted by molar-refractivity contribution is 7.92. The number of sulfonamides is 1. The van der Waals surface area contributed by atoms with Gasteiger partial charge in [0.1, 0.15) is 0 Å². The van der Waals surface area contributed by atoms with Gasteiger partial charge in [0.25, 0.3) is 10.0 Å². The molecule has 2 aromatic carbocycles. The Labute approximate surface area is 137 Å². The van der Waals surface area contributed by atoms with Crippen LogP contribution in [-0.2, 0) is 15.4 Å². The molecule has 2 rings (SSSR count). The van der Waals surface area contributed by atoms with Crippen LogP contribution >= 0.6 is 0 Å². The standard InChI is InChI=1S/C18H21NO3S/c1-13(20)14-6-5-7-16(12-14)19-23(21,22)17-10-8-15(9-11-17)18(2,3)4/h5-12,19H,1-4H3. The number of rotatable bonds is 4. The molecule has 1 N–H and O–H groups in total. The van der Waals surface area contributed by atoms with Crippen molar-refractivity contribution in [3.05, 3.63) is 59.7 Å². The van der Waals surface area contributed by atoms with Crippen LogP contribution in [0.15, 0.2) is 53.4 Å². The van der Waals surface area contributed by atoms with Gasteiger partial charge in [-0.15, -0.1) is 0 Å². The minimum absolute atomic E-state index is 0.0362. The summed E-state index contributed by atoms with van der Waals surface area (Å²) in [6, 6.07) is 13.3. The highest BCUT2D eigenvalue weighted by atomic mass is 32.2. The average Bonchev–Trinajstić information content (AvgIpc) is 2.46. The minimum atomic E-state index is -3.68. The fraction of sp³-hybridized carbons (Fsp3) is 0.278. The third-order valence-corrected chi connectivity index (χ3v) is 4.95. The Balaban J connectivity index is 2.29. The van der Waals surface area contributed by atoms with Crippen LogP contribution in [0.1, 0.15) is 43.6 Å². The maximum atomic E-state index is 12.4. The van der Waals surface area contributed by atoms with Gasteiger partial charge >= 0.3 is 0 Å². The second kappa shape index (κ2) is 6.16. The zero-order chi connectivity index (χ0) is 17.3. The van der Waals surface area contributed by atoms with E-state index in [0.29, 0.717) is 11.3 Å². The van der Waals surface area contributed by atoms with Crippen molar-refractivity contribution < 1.29 is 13.2 Å². The zero-order valence-corrected chi connectivity index (χ0v) is 14.6. The van der Waals surface area contributed by atoms with Crippen LogP contribution in [0.2, 0.25) is 0 Å². The fourth-order valence-electron chi connectivity index (χ4n) is 2.15. The van der Waals surface area contributed by atoms with Gasteiger partial charge < -0.3 is 0 Å². The molecule has 0 amide bonds. The summed E-state index contributed by atoms with van der Waals surface area (Å²) in [5, 5.41) is 0. The van der Waals surface area contributed by atoms with Crippen LogP contribution in [0.4, 0.5) is 5.69 Å². The molecule has 0 bridgehead atoms. The van der Waals surface area contributed by atoms with Gasteiger partial charge in [0.2, 0.25) is 0 Å². The molecule has 0 aliphatic rings. The summed E-state index contributed by atoms with van der Waals surface area (Å²) in [6.07, 6.45) is 0. The van der Waals surface area contributed by atoms with Gasteiger partial charge in [-0.1, -0.05) is 45.0 Å². The summed E-state index contributed by atoms with van der Waals surface area (Å²) < 4.78 is 27.4. The summed E-state index contributed by atoms with van der Waals surface area (Å²) in [6.45, 7) is 7.66. The van der Waals surface area contributed by atoms with E-state index in [-0.39, 0.29) is 16.1 Å². The van der Waals surface area contributed by atoms with Crippen molar-refractivity contribution in [2.75, 3.05) is 4.72 Å². The molecule has 0 aliphatic heterocycles. The molecular formula is C18H21NO3S. The quantitative estimate of drug-likeness (QED) is 0.862. The Bertz CT molecular complexity index is 816. The lowest BCUT2D eigenvalue weighted by Gasteiger charge is -2.19. The molecule has 4 nitrogen and oxygen atoms in total. The first kappa shape index (κ1) is 17.2. The number of benzene rings is 2. The van der Waals surface area contributed by atoms with Crippen molar-refractivity contribution >= 4 is 21.5 Å². The lowest BCUT2D eigenvalue weighted by atomic mass is 9.87.